The number of hydrogen-bond acceptors (Lipinski definition) is 5. The van der Waals surface area contributed by atoms with Crippen molar-refractivity contribution in [2.75, 3.05) is 31.2 Å². The maximum atomic E-state index is 5.56. The molecule has 2 saturated heterocycles. The summed E-state index contributed by atoms with van der Waals surface area (Å²) in [5, 5.41) is 4.38. The number of fused-ring (bicyclic) bond motifs is 1. The molecule has 0 N–H and O–H groups in total. The van der Waals surface area contributed by atoms with Crippen molar-refractivity contribution in [3.05, 3.63) is 42.7 Å². The molecule has 0 saturated carbocycles. The van der Waals surface area contributed by atoms with E-state index in [2.05, 4.69) is 45.3 Å². The van der Waals surface area contributed by atoms with Crippen LogP contribution >= 0.6 is 0 Å². The summed E-state index contributed by atoms with van der Waals surface area (Å²) in [6.45, 7) is 3.98. The first kappa shape index (κ1) is 16.7. The first-order valence-corrected chi connectivity index (χ1v) is 9.97. The first-order chi connectivity index (χ1) is 13.4. The van der Waals surface area contributed by atoms with Gasteiger partial charge in [0.05, 0.1) is 5.69 Å². The molecule has 0 bridgehead atoms. The van der Waals surface area contributed by atoms with Gasteiger partial charge in [-0.2, -0.15) is 19.6 Å². The van der Waals surface area contributed by atoms with Crippen molar-refractivity contribution in [1.29, 1.82) is 0 Å². The van der Waals surface area contributed by atoms with Gasteiger partial charge in [0.25, 0.3) is 5.78 Å². The predicted octanol–water partition coefficient (Wildman–Crippen LogP) is 3.43. The molecule has 27 heavy (non-hydrogen) atoms. The average Bonchev–Trinajstić information content (AvgIpc) is 3.23. The molecule has 6 heteroatoms. The molecule has 2 aromatic heterocycles. The molecule has 4 heterocycles. The van der Waals surface area contributed by atoms with Gasteiger partial charge in [-0.1, -0.05) is 30.3 Å². The second-order valence-electron chi connectivity index (χ2n) is 7.64. The van der Waals surface area contributed by atoms with E-state index in [9.17, 15) is 0 Å². The number of rotatable bonds is 3. The van der Waals surface area contributed by atoms with Crippen LogP contribution in [0.4, 0.5) is 5.82 Å². The van der Waals surface area contributed by atoms with Crippen LogP contribution in [0.3, 0.4) is 0 Å². The summed E-state index contributed by atoms with van der Waals surface area (Å²) >= 11 is 0. The van der Waals surface area contributed by atoms with Gasteiger partial charge in [0.1, 0.15) is 12.1 Å². The molecule has 6 nitrogen and oxygen atoms in total. The Bertz CT molecular complexity index is 903. The molecule has 2 aliphatic heterocycles. The van der Waals surface area contributed by atoms with E-state index in [0.717, 1.165) is 55.2 Å². The molecule has 140 valence electrons. The fourth-order valence-electron chi connectivity index (χ4n) is 4.57. The third kappa shape index (κ3) is 3.30. The van der Waals surface area contributed by atoms with E-state index in [0.29, 0.717) is 5.78 Å². The standard InChI is InChI=1S/C21H25N5O/c1-2-5-17(6-3-1)19-13-20(24-21-22-15-23-26(19)21)25-10-4-7-18(14-25)16-8-11-27-12-9-16/h1-3,5-6,13,15-16,18H,4,7-12,14H2. The predicted molar refractivity (Wildman–Crippen MR) is 105 cm³/mol. The second kappa shape index (κ2) is 7.27. The van der Waals surface area contributed by atoms with Crippen LogP contribution in [0.25, 0.3) is 17.0 Å². The fraction of sp³-hybridized carbons (Fsp3) is 0.476. The smallest absolute Gasteiger partial charge is 0.254 e. The molecule has 0 radical (unpaired) electrons. The number of ether oxygens (including phenoxy) is 1. The molecule has 2 aliphatic rings. The van der Waals surface area contributed by atoms with Gasteiger partial charge in [-0.25, -0.2) is 0 Å². The minimum atomic E-state index is 0.666. The SMILES string of the molecule is c1ccc(-c2cc(N3CCCC(C4CCOCC4)C3)nc3ncnn23)cc1. The largest absolute Gasteiger partial charge is 0.381 e. The highest BCUT2D eigenvalue weighted by Crippen LogP contribution is 2.33. The van der Waals surface area contributed by atoms with Gasteiger partial charge in [0.2, 0.25) is 0 Å². The molecule has 0 amide bonds. The Kier molecular flexibility index (Phi) is 4.49. The highest BCUT2D eigenvalue weighted by molar-refractivity contribution is 5.66. The molecule has 5 rings (SSSR count). The number of nitrogens with zero attached hydrogens (tertiary/aromatic N) is 5. The molecule has 1 atom stereocenters. The number of aromatic nitrogens is 4. The van der Waals surface area contributed by atoms with Crippen LogP contribution < -0.4 is 4.90 Å². The maximum Gasteiger partial charge on any atom is 0.254 e. The Balaban J connectivity index is 1.47. The van der Waals surface area contributed by atoms with Gasteiger partial charge >= 0.3 is 0 Å². The Hall–Kier alpha value is -2.47. The summed E-state index contributed by atoms with van der Waals surface area (Å²) in [5.74, 6) is 3.20. The lowest BCUT2D eigenvalue weighted by atomic mass is 9.81. The van der Waals surface area contributed by atoms with Gasteiger partial charge in [-0.15, -0.1) is 0 Å². The van der Waals surface area contributed by atoms with Crippen molar-refractivity contribution in [1.82, 2.24) is 19.6 Å². The molecule has 1 aromatic carbocycles. The van der Waals surface area contributed by atoms with Gasteiger partial charge in [0, 0.05) is 37.9 Å². The Labute approximate surface area is 159 Å². The summed E-state index contributed by atoms with van der Waals surface area (Å²) in [5.41, 5.74) is 2.18. The van der Waals surface area contributed by atoms with E-state index in [1.165, 1.54) is 25.7 Å². The molecule has 0 aliphatic carbocycles. The van der Waals surface area contributed by atoms with Crippen LogP contribution in [0.5, 0.6) is 0 Å². The maximum absolute atomic E-state index is 5.56. The van der Waals surface area contributed by atoms with Crippen molar-refractivity contribution in [2.24, 2.45) is 11.8 Å². The van der Waals surface area contributed by atoms with Crippen LogP contribution in [0, 0.1) is 11.8 Å². The number of benzene rings is 1. The fourth-order valence-corrected chi connectivity index (χ4v) is 4.57. The van der Waals surface area contributed by atoms with Crippen molar-refractivity contribution < 1.29 is 4.74 Å². The van der Waals surface area contributed by atoms with Crippen molar-refractivity contribution in [3.63, 3.8) is 0 Å². The molecule has 1 unspecified atom stereocenters. The zero-order valence-corrected chi connectivity index (χ0v) is 15.5. The average molecular weight is 363 g/mol. The van der Waals surface area contributed by atoms with E-state index in [1.54, 1.807) is 6.33 Å². The topological polar surface area (TPSA) is 55.5 Å². The molecular formula is C21H25N5O. The summed E-state index contributed by atoms with van der Waals surface area (Å²) in [6.07, 6.45) is 6.52. The van der Waals surface area contributed by atoms with E-state index >= 15 is 0 Å². The van der Waals surface area contributed by atoms with Gasteiger partial charge < -0.3 is 9.64 Å². The highest BCUT2D eigenvalue weighted by atomic mass is 16.5. The van der Waals surface area contributed by atoms with Gasteiger partial charge in [-0.3, -0.25) is 0 Å². The minimum absolute atomic E-state index is 0.666. The molecular weight excluding hydrogens is 338 g/mol. The highest BCUT2D eigenvalue weighted by Gasteiger charge is 2.29. The van der Waals surface area contributed by atoms with E-state index in [-0.39, 0.29) is 0 Å². The summed E-state index contributed by atoms with van der Waals surface area (Å²) in [6, 6.07) is 12.5. The Morgan fingerprint density at radius 1 is 1.00 bits per heavy atom. The van der Waals surface area contributed by atoms with Crippen molar-refractivity contribution in [2.45, 2.75) is 25.7 Å². The number of hydrogen-bond donors (Lipinski definition) is 0. The Morgan fingerprint density at radius 3 is 2.70 bits per heavy atom. The van der Waals surface area contributed by atoms with Gasteiger partial charge in [0.15, 0.2) is 0 Å². The molecule has 0 spiro atoms. The first-order valence-electron chi connectivity index (χ1n) is 9.97. The summed E-state index contributed by atoms with van der Waals surface area (Å²) in [7, 11) is 0. The van der Waals surface area contributed by atoms with Crippen LogP contribution in [0.2, 0.25) is 0 Å². The van der Waals surface area contributed by atoms with Gasteiger partial charge in [-0.05, 0) is 37.5 Å². The lowest BCUT2D eigenvalue weighted by molar-refractivity contribution is 0.0437. The third-order valence-electron chi connectivity index (χ3n) is 6.02. The summed E-state index contributed by atoms with van der Waals surface area (Å²) < 4.78 is 7.39. The third-order valence-corrected chi connectivity index (χ3v) is 6.02. The van der Waals surface area contributed by atoms with Crippen molar-refractivity contribution >= 4 is 11.6 Å². The molecule has 3 aromatic rings. The van der Waals surface area contributed by atoms with Crippen molar-refractivity contribution in [3.8, 4) is 11.3 Å². The van der Waals surface area contributed by atoms with E-state index in [4.69, 9.17) is 9.72 Å². The number of anilines is 1. The van der Waals surface area contributed by atoms with Crippen LogP contribution in [0.15, 0.2) is 42.7 Å². The quantitative estimate of drug-likeness (QED) is 0.713. The lowest BCUT2D eigenvalue weighted by Gasteiger charge is -2.39. The second-order valence-corrected chi connectivity index (χ2v) is 7.64. The van der Waals surface area contributed by atoms with E-state index in [1.807, 2.05) is 10.6 Å². The van der Waals surface area contributed by atoms with E-state index < -0.39 is 0 Å². The van der Waals surface area contributed by atoms with Crippen LogP contribution in [-0.4, -0.2) is 45.9 Å². The minimum Gasteiger partial charge on any atom is -0.381 e. The normalized spacial score (nSPS) is 21.6. The number of piperidine rings is 1. The lowest BCUT2D eigenvalue weighted by Crippen LogP contribution is -2.40. The summed E-state index contributed by atoms with van der Waals surface area (Å²) in [4.78, 5) is 11.6. The van der Waals surface area contributed by atoms with Crippen LogP contribution in [-0.2, 0) is 4.74 Å². The monoisotopic (exact) mass is 363 g/mol. The zero-order chi connectivity index (χ0) is 18.1. The molecule has 2 fully saturated rings. The Morgan fingerprint density at radius 2 is 1.85 bits per heavy atom. The zero-order valence-electron chi connectivity index (χ0n) is 15.5. The van der Waals surface area contributed by atoms with Crippen LogP contribution in [0.1, 0.15) is 25.7 Å².